The molecule has 3 heteroatoms. The van der Waals surface area contributed by atoms with E-state index in [0.29, 0.717) is 0 Å². The van der Waals surface area contributed by atoms with E-state index in [1.165, 1.54) is 32.7 Å². The summed E-state index contributed by atoms with van der Waals surface area (Å²) in [6.07, 6.45) is 10.0. The third kappa shape index (κ3) is 13.8. The minimum atomic E-state index is 0. The zero-order valence-electron chi connectivity index (χ0n) is 25.0. The normalized spacial score (nSPS) is 11.0. The second kappa shape index (κ2) is 20.6. The van der Waals surface area contributed by atoms with Crippen molar-refractivity contribution < 1.29 is 51.0 Å². The Hall–Kier alpha value is -2.31. The standard InChI is InChI=1S/C21H25.2C6H5.C5H5.CH4.2ClH.Zr/c1-20(2,3)16-7-9-18-14(12-16)11-15-13-17(21(4,5)6)8-10-19(15)18;2*1-2-4-6-5-3-1;1-2-4-5-3-1;;;;/h7-13H,1-6H3;2*1-5H;1-3H,4H2;1H4;2*1H;/q4*-1;;;;+2/p-2. The average Bonchev–Trinajstić information content (AvgIpc) is 3.62. The van der Waals surface area contributed by atoms with Crippen LogP contribution in [0.1, 0.15) is 66.5 Å². The molecule has 0 aromatic heterocycles. The van der Waals surface area contributed by atoms with E-state index < -0.39 is 0 Å². The first-order valence-corrected chi connectivity index (χ1v) is 13.3. The quantitative estimate of drug-likeness (QED) is 0.198. The van der Waals surface area contributed by atoms with Crippen LogP contribution in [0.25, 0.3) is 21.5 Å². The molecule has 0 atom stereocenters. The summed E-state index contributed by atoms with van der Waals surface area (Å²) < 4.78 is 0. The maximum Gasteiger partial charge on any atom is 2.00 e. The summed E-state index contributed by atoms with van der Waals surface area (Å²) in [6.45, 7) is 13.6. The van der Waals surface area contributed by atoms with Gasteiger partial charge in [-0.25, -0.2) is 12.2 Å². The van der Waals surface area contributed by atoms with E-state index >= 15 is 0 Å². The van der Waals surface area contributed by atoms with E-state index in [2.05, 4.69) is 108 Å². The van der Waals surface area contributed by atoms with Crippen LogP contribution in [0.3, 0.4) is 0 Å². The van der Waals surface area contributed by atoms with Crippen molar-refractivity contribution in [2.24, 2.45) is 0 Å². The maximum atomic E-state index is 2.99. The average molecular weight is 675 g/mol. The second-order valence-corrected chi connectivity index (χ2v) is 11.4. The van der Waals surface area contributed by atoms with Crippen molar-refractivity contribution in [3.63, 3.8) is 0 Å². The fourth-order valence-electron chi connectivity index (χ4n) is 3.98. The van der Waals surface area contributed by atoms with Crippen LogP contribution in [0.2, 0.25) is 0 Å². The van der Waals surface area contributed by atoms with Crippen LogP contribution < -0.4 is 24.8 Å². The Bertz CT molecular complexity index is 1270. The Morgan fingerprint density at radius 3 is 1.24 bits per heavy atom. The van der Waals surface area contributed by atoms with Gasteiger partial charge in [0.1, 0.15) is 0 Å². The van der Waals surface area contributed by atoms with Crippen LogP contribution >= 0.6 is 0 Å². The largest absolute Gasteiger partial charge is 2.00 e. The molecule has 0 aliphatic heterocycles. The van der Waals surface area contributed by atoms with E-state index in [1.54, 1.807) is 0 Å². The summed E-state index contributed by atoms with van der Waals surface area (Å²) >= 11 is 0. The molecule has 0 amide bonds. The Labute approximate surface area is 287 Å². The first-order chi connectivity index (χ1) is 18.2. The van der Waals surface area contributed by atoms with Crippen LogP contribution in [0.5, 0.6) is 0 Å². The van der Waals surface area contributed by atoms with Crippen molar-refractivity contribution in [3.05, 3.63) is 151 Å². The predicted octanol–water partition coefficient (Wildman–Crippen LogP) is 5.23. The van der Waals surface area contributed by atoms with E-state index in [4.69, 9.17) is 0 Å². The Balaban J connectivity index is 0. The van der Waals surface area contributed by atoms with Crippen LogP contribution in [0, 0.1) is 18.2 Å². The SMILES string of the molecule is C.CC(C)(C)c1ccc2c(c1)[cH-]c1cc(C(C)(C)C)ccc12.[C-]1=CC=CC1.[Cl-].[Cl-].[Zr+2].[c-]1ccccc1.[c-]1ccccc1. The molecule has 0 bridgehead atoms. The monoisotopic (exact) mass is 672 g/mol. The number of rotatable bonds is 0. The fraction of sp³-hybridized carbons (Fsp3) is 0.256. The third-order valence-corrected chi connectivity index (χ3v) is 6.24. The summed E-state index contributed by atoms with van der Waals surface area (Å²) in [4.78, 5) is 0. The molecule has 0 spiro atoms. The number of allylic oxidation sites excluding steroid dienone is 4. The number of hydrogen-bond acceptors (Lipinski definition) is 0. The second-order valence-electron chi connectivity index (χ2n) is 11.4. The third-order valence-electron chi connectivity index (χ3n) is 6.24. The fourth-order valence-corrected chi connectivity index (χ4v) is 3.98. The van der Waals surface area contributed by atoms with Crippen LogP contribution in [-0.2, 0) is 37.0 Å². The molecular weight excluding hydrogens is 631 g/mol. The van der Waals surface area contributed by atoms with Gasteiger partial charge in [0.15, 0.2) is 0 Å². The van der Waals surface area contributed by atoms with E-state index in [-0.39, 0.29) is 69.3 Å². The molecule has 1 aliphatic carbocycles. The van der Waals surface area contributed by atoms with Crippen molar-refractivity contribution in [1.82, 2.24) is 0 Å². The van der Waals surface area contributed by atoms with Gasteiger partial charge in [-0.1, -0.05) is 84.4 Å². The number of halogens is 2. The molecule has 6 rings (SSSR count). The van der Waals surface area contributed by atoms with Crippen molar-refractivity contribution in [2.45, 2.75) is 66.2 Å². The van der Waals surface area contributed by atoms with Gasteiger partial charge in [-0.15, -0.1) is 46.2 Å². The molecule has 0 fully saturated rings. The van der Waals surface area contributed by atoms with Crippen molar-refractivity contribution >= 4 is 21.5 Å². The topological polar surface area (TPSA) is 0 Å². The molecule has 0 heterocycles. The first-order valence-electron chi connectivity index (χ1n) is 13.3. The minimum absolute atomic E-state index is 0. The number of benzene rings is 4. The summed E-state index contributed by atoms with van der Waals surface area (Å²) in [6, 6.07) is 41.2. The zero-order chi connectivity index (χ0) is 27.4. The molecule has 5 aromatic rings. The summed E-state index contributed by atoms with van der Waals surface area (Å²) in [5, 5.41) is 5.48. The van der Waals surface area contributed by atoms with Crippen LogP contribution in [0.4, 0.5) is 0 Å². The molecule has 0 saturated heterocycles. The summed E-state index contributed by atoms with van der Waals surface area (Å²) in [5.41, 5.74) is 3.21. The molecule has 0 nitrogen and oxygen atoms in total. The molecule has 42 heavy (non-hydrogen) atoms. The van der Waals surface area contributed by atoms with Crippen molar-refractivity contribution in [3.8, 4) is 0 Å². The van der Waals surface area contributed by atoms with E-state index in [9.17, 15) is 0 Å². The summed E-state index contributed by atoms with van der Waals surface area (Å²) in [7, 11) is 0. The van der Waals surface area contributed by atoms with E-state index in [1.807, 2.05) is 72.8 Å². The van der Waals surface area contributed by atoms with Gasteiger partial charge in [0.2, 0.25) is 0 Å². The molecule has 222 valence electrons. The Kier molecular flexibility index (Phi) is 20.5. The number of fused-ring (bicyclic) bond motifs is 3. The molecule has 0 unspecified atom stereocenters. The Morgan fingerprint density at radius 2 is 1.02 bits per heavy atom. The van der Waals surface area contributed by atoms with Crippen LogP contribution in [0.15, 0.2) is 121 Å². The summed E-state index contributed by atoms with van der Waals surface area (Å²) in [5.74, 6) is 0. The Morgan fingerprint density at radius 1 is 0.619 bits per heavy atom. The van der Waals surface area contributed by atoms with Gasteiger partial charge in [-0.2, -0.15) is 78.9 Å². The van der Waals surface area contributed by atoms with Gasteiger partial charge < -0.3 is 24.8 Å². The zero-order valence-corrected chi connectivity index (χ0v) is 29.0. The van der Waals surface area contributed by atoms with Gasteiger partial charge in [-0.05, 0) is 10.8 Å². The minimum Gasteiger partial charge on any atom is -1.00 e. The van der Waals surface area contributed by atoms with Crippen molar-refractivity contribution in [2.75, 3.05) is 0 Å². The molecule has 0 N–H and O–H groups in total. The van der Waals surface area contributed by atoms with Crippen molar-refractivity contribution in [1.29, 1.82) is 0 Å². The number of hydrogen-bond donors (Lipinski definition) is 0. The maximum absolute atomic E-state index is 2.99. The van der Waals surface area contributed by atoms with Gasteiger partial charge in [0, 0.05) is 0 Å². The molecule has 1 aliphatic rings. The predicted molar refractivity (Wildman–Crippen MR) is 173 cm³/mol. The van der Waals surface area contributed by atoms with Gasteiger partial charge in [0.05, 0.1) is 0 Å². The molecular formula is C39H44Cl2Zr-4. The molecule has 5 aromatic carbocycles. The molecule has 0 radical (unpaired) electrons. The van der Waals surface area contributed by atoms with E-state index in [0.717, 1.165) is 6.42 Å². The van der Waals surface area contributed by atoms with Gasteiger partial charge >= 0.3 is 26.2 Å². The van der Waals surface area contributed by atoms with Gasteiger partial charge in [-0.3, -0.25) is 6.08 Å². The van der Waals surface area contributed by atoms with Gasteiger partial charge in [0.25, 0.3) is 0 Å². The van der Waals surface area contributed by atoms with Crippen LogP contribution in [-0.4, -0.2) is 0 Å². The smallest absolute Gasteiger partial charge is 1.00 e. The molecule has 0 saturated carbocycles. The first kappa shape index (κ1) is 41.8.